The molecule has 1 aromatic carbocycles. The van der Waals surface area contributed by atoms with Crippen molar-refractivity contribution in [2.45, 2.75) is 43.5 Å². The van der Waals surface area contributed by atoms with Gasteiger partial charge in [-0.05, 0) is 31.4 Å². The van der Waals surface area contributed by atoms with Crippen LogP contribution in [-0.4, -0.2) is 25.9 Å². The molecule has 1 saturated carbocycles. The zero-order chi connectivity index (χ0) is 15.5. The fourth-order valence-corrected chi connectivity index (χ4v) is 3.64. The molecule has 0 radical (unpaired) electrons. The van der Waals surface area contributed by atoms with E-state index >= 15 is 0 Å². The van der Waals surface area contributed by atoms with Crippen LogP contribution in [0.4, 0.5) is 11.4 Å². The average molecular weight is 313 g/mol. The van der Waals surface area contributed by atoms with Crippen molar-refractivity contribution in [1.82, 2.24) is 4.72 Å². The van der Waals surface area contributed by atoms with Gasteiger partial charge in [0, 0.05) is 12.6 Å². The maximum atomic E-state index is 12.3. The first kappa shape index (κ1) is 15.7. The predicted octanol–water partition coefficient (Wildman–Crippen LogP) is 2.25. The van der Waals surface area contributed by atoms with Crippen molar-refractivity contribution in [3.05, 3.63) is 28.3 Å². The predicted molar refractivity (Wildman–Crippen MR) is 79.8 cm³/mol. The summed E-state index contributed by atoms with van der Waals surface area (Å²) in [7, 11) is -3.88. The molecule has 0 unspecified atom stereocenters. The van der Waals surface area contributed by atoms with E-state index in [1.807, 2.05) is 6.92 Å². The first-order chi connectivity index (χ1) is 9.95. The number of nitrogens with one attached hydrogen (secondary N) is 2. The fraction of sp³-hybridized carbons (Fsp3) is 0.538. The normalized spacial score (nSPS) is 15.5. The van der Waals surface area contributed by atoms with Crippen LogP contribution >= 0.6 is 0 Å². The van der Waals surface area contributed by atoms with Crippen LogP contribution in [0.25, 0.3) is 0 Å². The van der Waals surface area contributed by atoms with Gasteiger partial charge in [-0.1, -0.05) is 19.4 Å². The Labute approximate surface area is 123 Å². The van der Waals surface area contributed by atoms with Crippen LogP contribution in [0.3, 0.4) is 0 Å². The summed E-state index contributed by atoms with van der Waals surface area (Å²) in [5, 5.41) is 14.2. The van der Waals surface area contributed by atoms with Gasteiger partial charge in [0.15, 0.2) is 4.90 Å². The van der Waals surface area contributed by atoms with E-state index in [1.54, 1.807) is 0 Å². The Bertz CT molecular complexity index is 626. The minimum atomic E-state index is -3.88. The Morgan fingerprint density at radius 3 is 2.62 bits per heavy atom. The van der Waals surface area contributed by atoms with E-state index in [1.165, 1.54) is 18.2 Å². The first-order valence-corrected chi connectivity index (χ1v) is 8.47. The summed E-state index contributed by atoms with van der Waals surface area (Å²) in [6.07, 6.45) is 3.32. The maximum absolute atomic E-state index is 12.3. The van der Waals surface area contributed by atoms with Gasteiger partial charge in [-0.25, -0.2) is 13.1 Å². The molecule has 2 rings (SSSR count). The minimum Gasteiger partial charge on any atom is -0.379 e. The molecular weight excluding hydrogens is 294 g/mol. The summed E-state index contributed by atoms with van der Waals surface area (Å²) in [5.41, 5.74) is -0.156. The van der Waals surface area contributed by atoms with Crippen LogP contribution in [0, 0.1) is 10.1 Å². The number of nitrogens with zero attached hydrogens (tertiary/aromatic N) is 1. The van der Waals surface area contributed by atoms with E-state index in [4.69, 9.17) is 0 Å². The second kappa shape index (κ2) is 6.40. The van der Waals surface area contributed by atoms with Crippen LogP contribution in [0.2, 0.25) is 0 Å². The molecule has 0 spiro atoms. The van der Waals surface area contributed by atoms with Crippen LogP contribution in [0.15, 0.2) is 23.1 Å². The second-order valence-electron chi connectivity index (χ2n) is 5.09. The number of hydrogen-bond acceptors (Lipinski definition) is 5. The van der Waals surface area contributed by atoms with Gasteiger partial charge in [-0.3, -0.25) is 10.1 Å². The lowest BCUT2D eigenvalue weighted by atomic mass is 9.94. The molecule has 0 amide bonds. The van der Waals surface area contributed by atoms with E-state index < -0.39 is 20.6 Å². The van der Waals surface area contributed by atoms with E-state index in [2.05, 4.69) is 10.0 Å². The van der Waals surface area contributed by atoms with Crippen molar-refractivity contribution >= 4 is 21.4 Å². The lowest BCUT2D eigenvalue weighted by Crippen LogP contribution is -2.39. The number of anilines is 1. The van der Waals surface area contributed by atoms with Crippen LogP contribution < -0.4 is 10.0 Å². The molecule has 1 fully saturated rings. The lowest BCUT2D eigenvalue weighted by molar-refractivity contribution is -0.386. The van der Waals surface area contributed by atoms with Gasteiger partial charge in [0.05, 0.1) is 4.92 Å². The summed E-state index contributed by atoms with van der Waals surface area (Å²) in [4.78, 5) is 10.4. The van der Waals surface area contributed by atoms with Gasteiger partial charge in [0.2, 0.25) is 10.0 Å². The number of nitro groups is 1. The van der Waals surface area contributed by atoms with Crippen molar-refractivity contribution in [2.75, 3.05) is 11.9 Å². The molecule has 116 valence electrons. The summed E-state index contributed by atoms with van der Waals surface area (Å²) in [6, 6.07) is 4.20. The number of benzene rings is 1. The summed E-state index contributed by atoms with van der Waals surface area (Å²) in [6.45, 7) is 2.47. The molecule has 0 atom stereocenters. The molecule has 21 heavy (non-hydrogen) atoms. The number of rotatable bonds is 7. The molecule has 1 aliphatic rings. The van der Waals surface area contributed by atoms with Gasteiger partial charge in [-0.2, -0.15) is 0 Å². The lowest BCUT2D eigenvalue weighted by Gasteiger charge is -2.26. The van der Waals surface area contributed by atoms with Gasteiger partial charge >= 0.3 is 5.69 Å². The van der Waals surface area contributed by atoms with Crippen molar-refractivity contribution < 1.29 is 13.3 Å². The number of sulfonamides is 1. The van der Waals surface area contributed by atoms with E-state index in [0.717, 1.165) is 25.7 Å². The molecule has 1 aliphatic carbocycles. The monoisotopic (exact) mass is 313 g/mol. The molecule has 0 aliphatic heterocycles. The number of nitro benzene ring substituents is 1. The largest absolute Gasteiger partial charge is 0.379 e. The molecule has 0 bridgehead atoms. The van der Waals surface area contributed by atoms with Crippen molar-refractivity contribution in [2.24, 2.45) is 0 Å². The highest BCUT2D eigenvalue weighted by molar-refractivity contribution is 7.89. The van der Waals surface area contributed by atoms with Crippen LogP contribution in [0.5, 0.6) is 0 Å². The van der Waals surface area contributed by atoms with Crippen LogP contribution in [-0.2, 0) is 10.0 Å². The quantitative estimate of drug-likeness (QED) is 0.594. The first-order valence-electron chi connectivity index (χ1n) is 6.99. The Morgan fingerprint density at radius 1 is 1.38 bits per heavy atom. The standard InChI is InChI=1S/C13H19N3O4S/c1-2-9-14-11-7-4-8-12(13(11)16(17)18)21(19,20)15-10-5-3-6-10/h4,7-8,10,14-15H,2-3,5-6,9H2,1H3. The number of hydrogen-bond donors (Lipinski definition) is 2. The molecule has 0 saturated heterocycles. The molecule has 2 N–H and O–H groups in total. The van der Waals surface area contributed by atoms with Gasteiger partial charge in [-0.15, -0.1) is 0 Å². The average Bonchev–Trinajstić information content (AvgIpc) is 2.40. The van der Waals surface area contributed by atoms with E-state index in [9.17, 15) is 18.5 Å². The third-order valence-corrected chi connectivity index (χ3v) is 5.02. The Kier molecular flexibility index (Phi) is 4.79. The molecule has 1 aromatic rings. The highest BCUT2D eigenvalue weighted by Gasteiger charge is 2.32. The zero-order valence-corrected chi connectivity index (χ0v) is 12.6. The van der Waals surface area contributed by atoms with Crippen molar-refractivity contribution in [3.8, 4) is 0 Å². The van der Waals surface area contributed by atoms with E-state index in [0.29, 0.717) is 6.54 Å². The highest BCUT2D eigenvalue weighted by Crippen LogP contribution is 2.33. The molecular formula is C13H19N3O4S. The Hall–Kier alpha value is -1.67. The third-order valence-electron chi connectivity index (χ3n) is 3.46. The SMILES string of the molecule is CCCNc1cccc(S(=O)(=O)NC2CCC2)c1[N+](=O)[O-]. The summed E-state index contributed by atoms with van der Waals surface area (Å²) in [5.74, 6) is 0. The van der Waals surface area contributed by atoms with Gasteiger partial charge in [0.25, 0.3) is 0 Å². The zero-order valence-electron chi connectivity index (χ0n) is 11.8. The van der Waals surface area contributed by atoms with Gasteiger partial charge < -0.3 is 5.32 Å². The molecule has 7 nitrogen and oxygen atoms in total. The van der Waals surface area contributed by atoms with Crippen LogP contribution in [0.1, 0.15) is 32.6 Å². The molecule has 0 heterocycles. The highest BCUT2D eigenvalue weighted by atomic mass is 32.2. The maximum Gasteiger partial charge on any atom is 0.312 e. The smallest absolute Gasteiger partial charge is 0.312 e. The summed E-state index contributed by atoms with van der Waals surface area (Å²) >= 11 is 0. The summed E-state index contributed by atoms with van der Waals surface area (Å²) < 4.78 is 27.2. The van der Waals surface area contributed by atoms with Crippen molar-refractivity contribution in [3.63, 3.8) is 0 Å². The Morgan fingerprint density at radius 2 is 2.10 bits per heavy atom. The second-order valence-corrected chi connectivity index (χ2v) is 6.77. The minimum absolute atomic E-state index is 0.109. The fourth-order valence-electron chi connectivity index (χ4n) is 2.14. The molecule has 8 heteroatoms. The Balaban J connectivity index is 2.39. The van der Waals surface area contributed by atoms with Crippen molar-refractivity contribution in [1.29, 1.82) is 0 Å². The number of para-hydroxylation sites is 1. The topological polar surface area (TPSA) is 101 Å². The van der Waals surface area contributed by atoms with Gasteiger partial charge in [0.1, 0.15) is 5.69 Å². The third kappa shape index (κ3) is 3.51. The van der Waals surface area contributed by atoms with E-state index in [-0.39, 0.29) is 16.6 Å². The molecule has 0 aromatic heterocycles.